The molecule has 1 atom stereocenters. The van der Waals surface area contributed by atoms with Crippen LogP contribution in [0.4, 0.5) is 0 Å². The van der Waals surface area contributed by atoms with Gasteiger partial charge in [-0.1, -0.05) is 24.3 Å². The summed E-state index contributed by atoms with van der Waals surface area (Å²) in [5.41, 5.74) is 4.86. The van der Waals surface area contributed by atoms with Gasteiger partial charge in [-0.3, -0.25) is 10.8 Å². The van der Waals surface area contributed by atoms with E-state index in [9.17, 15) is 0 Å². The quantitative estimate of drug-likeness (QED) is 0.653. The van der Waals surface area contributed by atoms with Crippen molar-refractivity contribution >= 4 is 10.9 Å². The van der Waals surface area contributed by atoms with Gasteiger partial charge in [0.2, 0.25) is 0 Å². The van der Waals surface area contributed by atoms with Crippen LogP contribution in [0.15, 0.2) is 48.4 Å². The van der Waals surface area contributed by atoms with Crippen LogP contribution in [0.5, 0.6) is 0 Å². The van der Waals surface area contributed by atoms with Crippen LogP contribution >= 0.6 is 0 Å². The normalized spacial score (nSPS) is 16.8. The van der Waals surface area contributed by atoms with Crippen molar-refractivity contribution in [2.24, 2.45) is 5.84 Å². The zero-order chi connectivity index (χ0) is 13.1. The lowest BCUT2D eigenvalue weighted by molar-refractivity contribution is 0.168. The Hall–Kier alpha value is -1.91. The topological polar surface area (TPSA) is 60.2 Å². The van der Waals surface area contributed by atoms with Gasteiger partial charge < -0.3 is 4.74 Å². The van der Waals surface area contributed by atoms with Crippen molar-refractivity contribution in [2.75, 3.05) is 6.61 Å². The predicted molar refractivity (Wildman–Crippen MR) is 75.1 cm³/mol. The summed E-state index contributed by atoms with van der Waals surface area (Å²) in [6.45, 7) is 0.752. The molecule has 0 bridgehead atoms. The Kier molecular flexibility index (Phi) is 3.44. The first-order valence-corrected chi connectivity index (χ1v) is 6.53. The van der Waals surface area contributed by atoms with Crippen LogP contribution in [0.2, 0.25) is 0 Å². The molecule has 4 heteroatoms. The van der Waals surface area contributed by atoms with Crippen molar-refractivity contribution in [3.63, 3.8) is 0 Å². The fourth-order valence-electron chi connectivity index (χ4n) is 2.46. The highest BCUT2D eigenvalue weighted by atomic mass is 16.5. The maximum absolute atomic E-state index is 5.73. The largest absolute Gasteiger partial charge is 0.496 e. The molecule has 1 aliphatic heterocycles. The summed E-state index contributed by atoms with van der Waals surface area (Å²) in [5, 5.41) is 1.11. The van der Waals surface area contributed by atoms with Gasteiger partial charge in [0.25, 0.3) is 0 Å². The van der Waals surface area contributed by atoms with Gasteiger partial charge in [-0.25, -0.2) is 5.43 Å². The lowest BCUT2D eigenvalue weighted by Gasteiger charge is -2.24. The molecule has 0 saturated carbocycles. The van der Waals surface area contributed by atoms with Crippen molar-refractivity contribution in [1.29, 1.82) is 0 Å². The zero-order valence-electron chi connectivity index (χ0n) is 10.7. The van der Waals surface area contributed by atoms with E-state index in [0.717, 1.165) is 41.7 Å². The lowest BCUT2D eigenvalue weighted by Crippen LogP contribution is -2.31. The first kappa shape index (κ1) is 12.1. The minimum absolute atomic E-state index is 0.140. The Labute approximate surface area is 112 Å². The molecule has 4 nitrogen and oxygen atoms in total. The minimum Gasteiger partial charge on any atom is -0.496 e. The van der Waals surface area contributed by atoms with Crippen LogP contribution in [-0.2, 0) is 4.74 Å². The number of pyridine rings is 1. The van der Waals surface area contributed by atoms with Gasteiger partial charge >= 0.3 is 0 Å². The standard InChI is InChI=1S/C15H17N3O/c16-18-15(13-8-1-2-10-19-13)12-7-3-5-11-6-4-9-17-14(11)12/h3-9,15,18H,1-2,10,16H2. The van der Waals surface area contributed by atoms with E-state index >= 15 is 0 Å². The van der Waals surface area contributed by atoms with Gasteiger partial charge in [-0.15, -0.1) is 0 Å². The number of hydrogen-bond donors (Lipinski definition) is 2. The summed E-state index contributed by atoms with van der Waals surface area (Å²) in [7, 11) is 0. The van der Waals surface area contributed by atoms with Crippen molar-refractivity contribution < 1.29 is 4.74 Å². The molecular formula is C15H17N3O. The number of nitrogens with two attached hydrogens (primary N) is 1. The molecular weight excluding hydrogens is 238 g/mol. The van der Waals surface area contributed by atoms with E-state index in [1.807, 2.05) is 18.2 Å². The first-order chi connectivity index (χ1) is 9.40. The zero-order valence-corrected chi connectivity index (χ0v) is 10.7. The van der Waals surface area contributed by atoms with Gasteiger partial charge in [0.05, 0.1) is 12.1 Å². The fraction of sp³-hybridized carbons (Fsp3) is 0.267. The third kappa shape index (κ3) is 2.32. The third-order valence-electron chi connectivity index (χ3n) is 3.39. The fourth-order valence-corrected chi connectivity index (χ4v) is 2.46. The molecule has 3 N–H and O–H groups in total. The van der Waals surface area contributed by atoms with Gasteiger partial charge in [0.15, 0.2) is 0 Å². The molecule has 98 valence electrons. The van der Waals surface area contributed by atoms with E-state index in [4.69, 9.17) is 10.6 Å². The molecule has 2 aromatic rings. The maximum atomic E-state index is 5.73. The van der Waals surface area contributed by atoms with Gasteiger partial charge in [-0.2, -0.15) is 0 Å². The maximum Gasteiger partial charge on any atom is 0.115 e. The molecule has 2 heterocycles. The summed E-state index contributed by atoms with van der Waals surface area (Å²) >= 11 is 0. The van der Waals surface area contributed by atoms with Crippen LogP contribution in [0.3, 0.4) is 0 Å². The Balaban J connectivity index is 2.08. The van der Waals surface area contributed by atoms with Crippen LogP contribution in [0, 0.1) is 0 Å². The average molecular weight is 255 g/mol. The second kappa shape index (κ2) is 5.38. The molecule has 19 heavy (non-hydrogen) atoms. The van der Waals surface area contributed by atoms with Crippen molar-refractivity contribution in [2.45, 2.75) is 18.9 Å². The average Bonchev–Trinajstić information content (AvgIpc) is 2.49. The van der Waals surface area contributed by atoms with E-state index in [2.05, 4.69) is 28.6 Å². The number of fused-ring (bicyclic) bond motifs is 1. The number of hydrazine groups is 1. The van der Waals surface area contributed by atoms with Crippen molar-refractivity contribution in [3.8, 4) is 0 Å². The highest BCUT2D eigenvalue weighted by Crippen LogP contribution is 2.29. The number of ether oxygens (including phenoxy) is 1. The van der Waals surface area contributed by atoms with Crippen LogP contribution in [0.25, 0.3) is 10.9 Å². The first-order valence-electron chi connectivity index (χ1n) is 6.53. The number of para-hydroxylation sites is 1. The summed E-state index contributed by atoms with van der Waals surface area (Å²) < 4.78 is 5.73. The molecule has 0 spiro atoms. The van der Waals surface area contributed by atoms with Crippen LogP contribution < -0.4 is 11.3 Å². The highest BCUT2D eigenvalue weighted by molar-refractivity contribution is 5.82. The monoisotopic (exact) mass is 255 g/mol. The molecule has 0 aliphatic carbocycles. The number of hydrogen-bond acceptors (Lipinski definition) is 4. The summed E-state index contributed by atoms with van der Waals surface area (Å²) in [5.74, 6) is 6.62. The minimum atomic E-state index is -0.140. The van der Waals surface area contributed by atoms with E-state index in [-0.39, 0.29) is 6.04 Å². The van der Waals surface area contributed by atoms with Gasteiger partial charge in [-0.05, 0) is 25.0 Å². The number of benzene rings is 1. The third-order valence-corrected chi connectivity index (χ3v) is 3.39. The number of rotatable bonds is 3. The molecule has 0 saturated heterocycles. The summed E-state index contributed by atoms with van der Waals surface area (Å²) in [6.07, 6.45) is 6.01. The van der Waals surface area contributed by atoms with E-state index < -0.39 is 0 Å². The number of allylic oxidation sites excluding steroid dienone is 1. The second-order valence-corrected chi connectivity index (χ2v) is 4.62. The van der Waals surface area contributed by atoms with Crippen molar-refractivity contribution in [3.05, 3.63) is 53.9 Å². The molecule has 1 aliphatic rings. The number of aromatic nitrogens is 1. The lowest BCUT2D eigenvalue weighted by atomic mass is 10.00. The van der Waals surface area contributed by atoms with Gasteiger partial charge in [0, 0.05) is 17.1 Å². The van der Waals surface area contributed by atoms with E-state index in [1.165, 1.54) is 0 Å². The smallest absolute Gasteiger partial charge is 0.115 e. The molecule has 1 aromatic carbocycles. The Morgan fingerprint density at radius 1 is 1.26 bits per heavy atom. The highest BCUT2D eigenvalue weighted by Gasteiger charge is 2.20. The number of nitrogens with one attached hydrogen (secondary N) is 1. The molecule has 0 fully saturated rings. The molecule has 1 aromatic heterocycles. The Morgan fingerprint density at radius 3 is 2.95 bits per heavy atom. The van der Waals surface area contributed by atoms with Crippen LogP contribution in [0.1, 0.15) is 24.4 Å². The van der Waals surface area contributed by atoms with E-state index in [1.54, 1.807) is 6.20 Å². The second-order valence-electron chi connectivity index (χ2n) is 4.62. The van der Waals surface area contributed by atoms with Crippen LogP contribution in [-0.4, -0.2) is 11.6 Å². The van der Waals surface area contributed by atoms with Gasteiger partial charge in [0.1, 0.15) is 11.8 Å². The molecule has 1 unspecified atom stereocenters. The van der Waals surface area contributed by atoms with E-state index in [0.29, 0.717) is 0 Å². The molecule has 0 radical (unpaired) electrons. The number of nitrogens with zero attached hydrogens (tertiary/aromatic N) is 1. The molecule has 0 amide bonds. The van der Waals surface area contributed by atoms with Crippen molar-refractivity contribution in [1.82, 2.24) is 10.4 Å². The Morgan fingerprint density at radius 2 is 2.16 bits per heavy atom. The summed E-state index contributed by atoms with van der Waals surface area (Å²) in [6, 6.07) is 9.96. The molecule has 3 rings (SSSR count). The SMILES string of the molecule is NNC(C1=CCCCO1)c1cccc2cccnc12. The predicted octanol–water partition coefficient (Wildman–Crippen LogP) is 2.43. The summed E-state index contributed by atoms with van der Waals surface area (Å²) in [4.78, 5) is 4.47. The Bertz CT molecular complexity index is 604.